The van der Waals surface area contributed by atoms with Gasteiger partial charge in [-0.3, -0.25) is 9.59 Å². The first-order valence-electron chi connectivity index (χ1n) is 6.64. The molecule has 1 aromatic heterocycles. The number of carbonyl (C=O) groups excluding carboxylic acids is 1. The molecule has 2 unspecified atom stereocenters. The molecule has 104 valence electrons. The fraction of sp³-hybridized carbons (Fsp3) is 0.571. The number of amides is 1. The lowest BCUT2D eigenvalue weighted by molar-refractivity contribution is -0.143. The molecule has 2 rings (SSSR count). The molecule has 1 amide bonds. The van der Waals surface area contributed by atoms with Crippen LogP contribution < -0.4 is 0 Å². The van der Waals surface area contributed by atoms with Crippen LogP contribution in [0.15, 0.2) is 16.7 Å². The lowest BCUT2D eigenvalue weighted by Gasteiger charge is -2.36. The maximum Gasteiger partial charge on any atom is 0.306 e. The van der Waals surface area contributed by atoms with Gasteiger partial charge in [0.2, 0.25) is 0 Å². The Hall–Kier alpha value is -1.78. The number of furan rings is 1. The van der Waals surface area contributed by atoms with Crippen molar-refractivity contribution in [2.24, 2.45) is 5.92 Å². The van der Waals surface area contributed by atoms with Gasteiger partial charge in [0, 0.05) is 19.0 Å². The fourth-order valence-corrected chi connectivity index (χ4v) is 2.66. The predicted molar refractivity (Wildman–Crippen MR) is 68.9 cm³/mol. The smallest absolute Gasteiger partial charge is 0.306 e. The number of nitrogens with zero attached hydrogens (tertiary/aromatic N) is 1. The van der Waals surface area contributed by atoms with E-state index in [1.165, 1.54) is 6.26 Å². The predicted octanol–water partition coefficient (Wildman–Crippen LogP) is 2.17. The van der Waals surface area contributed by atoms with Gasteiger partial charge in [-0.15, -0.1) is 0 Å². The van der Waals surface area contributed by atoms with Crippen molar-refractivity contribution in [2.75, 3.05) is 6.54 Å². The van der Waals surface area contributed by atoms with Crippen LogP contribution in [0.25, 0.3) is 0 Å². The van der Waals surface area contributed by atoms with Crippen LogP contribution in [-0.2, 0) is 11.2 Å². The lowest BCUT2D eigenvalue weighted by Crippen LogP contribution is -2.46. The van der Waals surface area contributed by atoms with Gasteiger partial charge in [-0.2, -0.15) is 0 Å². The van der Waals surface area contributed by atoms with E-state index in [4.69, 9.17) is 9.52 Å². The van der Waals surface area contributed by atoms with E-state index in [2.05, 4.69) is 0 Å². The molecule has 0 aromatic carbocycles. The van der Waals surface area contributed by atoms with E-state index in [0.717, 1.165) is 0 Å². The van der Waals surface area contributed by atoms with E-state index >= 15 is 0 Å². The highest BCUT2D eigenvalue weighted by Crippen LogP contribution is 2.25. The molecule has 5 nitrogen and oxygen atoms in total. The van der Waals surface area contributed by atoms with Gasteiger partial charge in [0.1, 0.15) is 5.76 Å². The van der Waals surface area contributed by atoms with Crippen molar-refractivity contribution < 1.29 is 19.1 Å². The minimum Gasteiger partial charge on any atom is -0.481 e. The van der Waals surface area contributed by atoms with Gasteiger partial charge in [0.25, 0.3) is 5.91 Å². The van der Waals surface area contributed by atoms with E-state index in [1.54, 1.807) is 11.0 Å². The van der Waals surface area contributed by atoms with E-state index in [0.29, 0.717) is 37.1 Å². The first-order valence-corrected chi connectivity index (χ1v) is 6.64. The minimum absolute atomic E-state index is 0.0537. The van der Waals surface area contributed by atoms with E-state index in [1.807, 2.05) is 13.8 Å². The van der Waals surface area contributed by atoms with E-state index < -0.39 is 5.97 Å². The third-order valence-electron chi connectivity index (χ3n) is 3.78. The van der Waals surface area contributed by atoms with Gasteiger partial charge in [-0.1, -0.05) is 6.92 Å². The lowest BCUT2D eigenvalue weighted by atomic mass is 9.91. The van der Waals surface area contributed by atoms with Crippen LogP contribution in [0.4, 0.5) is 0 Å². The maximum absolute atomic E-state index is 12.4. The molecule has 2 heterocycles. The zero-order valence-electron chi connectivity index (χ0n) is 11.3. The van der Waals surface area contributed by atoms with Crippen molar-refractivity contribution >= 4 is 11.9 Å². The summed E-state index contributed by atoms with van der Waals surface area (Å²) < 4.78 is 5.28. The molecule has 5 heteroatoms. The Bertz CT molecular complexity index is 480. The van der Waals surface area contributed by atoms with Crippen molar-refractivity contribution in [3.8, 4) is 0 Å². The summed E-state index contributed by atoms with van der Waals surface area (Å²) >= 11 is 0. The average Bonchev–Trinajstić information content (AvgIpc) is 2.85. The first-order chi connectivity index (χ1) is 9.04. The SMILES string of the molecule is CCc1occc1C(=O)N1CCC(C(=O)O)CC1C. The molecule has 1 aromatic rings. The van der Waals surface area contributed by atoms with Gasteiger partial charge >= 0.3 is 5.97 Å². The quantitative estimate of drug-likeness (QED) is 0.909. The molecule has 1 N–H and O–H groups in total. The first kappa shape index (κ1) is 13.6. The normalized spacial score (nSPS) is 23.4. The van der Waals surface area contributed by atoms with Gasteiger partial charge in [-0.25, -0.2) is 0 Å². The average molecular weight is 265 g/mol. The highest BCUT2D eigenvalue weighted by molar-refractivity contribution is 5.95. The Morgan fingerprint density at radius 1 is 1.53 bits per heavy atom. The second-order valence-corrected chi connectivity index (χ2v) is 5.02. The van der Waals surface area contributed by atoms with Crippen molar-refractivity contribution in [1.82, 2.24) is 4.90 Å². The number of hydrogen-bond acceptors (Lipinski definition) is 3. The van der Waals surface area contributed by atoms with Crippen LogP contribution in [0.1, 0.15) is 42.8 Å². The second kappa shape index (κ2) is 5.47. The number of likely N-dealkylation sites (tertiary alicyclic amines) is 1. The summed E-state index contributed by atoms with van der Waals surface area (Å²) in [6.45, 7) is 4.33. The second-order valence-electron chi connectivity index (χ2n) is 5.02. The summed E-state index contributed by atoms with van der Waals surface area (Å²) in [6, 6.07) is 1.64. The number of rotatable bonds is 3. The maximum atomic E-state index is 12.4. The number of aryl methyl sites for hydroxylation is 1. The molecule has 2 atom stereocenters. The molecule has 0 saturated carbocycles. The van der Waals surface area contributed by atoms with Crippen LogP contribution in [-0.4, -0.2) is 34.5 Å². The third kappa shape index (κ3) is 2.64. The highest BCUT2D eigenvalue weighted by Gasteiger charge is 2.33. The van der Waals surface area contributed by atoms with Crippen molar-refractivity contribution in [3.63, 3.8) is 0 Å². The molecule has 1 fully saturated rings. The number of aliphatic carboxylic acids is 1. The Morgan fingerprint density at radius 3 is 2.84 bits per heavy atom. The topological polar surface area (TPSA) is 70.8 Å². The molecule has 0 aliphatic carbocycles. The minimum atomic E-state index is -0.767. The Kier molecular flexibility index (Phi) is 3.93. The molecule has 0 radical (unpaired) electrons. The number of carboxylic acid groups (broad SMARTS) is 1. The monoisotopic (exact) mass is 265 g/mol. The van der Waals surface area contributed by atoms with Crippen molar-refractivity contribution in [1.29, 1.82) is 0 Å². The molecular formula is C14H19NO4. The van der Waals surface area contributed by atoms with Crippen LogP contribution in [0.2, 0.25) is 0 Å². The van der Waals surface area contributed by atoms with E-state index in [-0.39, 0.29) is 17.9 Å². The molecular weight excluding hydrogens is 246 g/mol. The summed E-state index contributed by atoms with van der Waals surface area (Å²) in [7, 11) is 0. The summed E-state index contributed by atoms with van der Waals surface area (Å²) in [5.41, 5.74) is 0.600. The summed E-state index contributed by atoms with van der Waals surface area (Å²) in [4.78, 5) is 25.2. The summed E-state index contributed by atoms with van der Waals surface area (Å²) in [5.74, 6) is -0.468. The summed E-state index contributed by atoms with van der Waals surface area (Å²) in [6.07, 6.45) is 3.24. The molecule has 1 aliphatic heterocycles. The Labute approximate surface area is 112 Å². The number of hydrogen-bond donors (Lipinski definition) is 1. The number of carboxylic acids is 1. The van der Waals surface area contributed by atoms with Gasteiger partial charge in [0.05, 0.1) is 17.7 Å². The molecule has 1 saturated heterocycles. The van der Waals surface area contributed by atoms with Gasteiger partial charge < -0.3 is 14.4 Å². The van der Waals surface area contributed by atoms with Crippen LogP contribution in [0, 0.1) is 5.92 Å². The standard InChI is InChI=1S/C14H19NO4/c1-3-12-11(5-7-19-12)13(16)15-6-4-10(14(17)18)8-9(15)2/h5,7,9-10H,3-4,6,8H2,1-2H3,(H,17,18). The molecule has 19 heavy (non-hydrogen) atoms. The Morgan fingerprint density at radius 2 is 2.26 bits per heavy atom. The highest BCUT2D eigenvalue weighted by atomic mass is 16.4. The molecule has 0 bridgehead atoms. The third-order valence-corrected chi connectivity index (χ3v) is 3.78. The van der Waals surface area contributed by atoms with Crippen molar-refractivity contribution in [2.45, 2.75) is 39.2 Å². The van der Waals surface area contributed by atoms with Crippen LogP contribution >= 0.6 is 0 Å². The fourth-order valence-electron chi connectivity index (χ4n) is 2.66. The van der Waals surface area contributed by atoms with Crippen LogP contribution in [0.5, 0.6) is 0 Å². The zero-order chi connectivity index (χ0) is 14.0. The number of carbonyl (C=O) groups is 2. The largest absolute Gasteiger partial charge is 0.481 e. The molecule has 1 aliphatic rings. The summed E-state index contributed by atoms with van der Waals surface area (Å²) in [5, 5.41) is 9.03. The van der Waals surface area contributed by atoms with Gasteiger partial charge in [0.15, 0.2) is 0 Å². The van der Waals surface area contributed by atoms with Crippen LogP contribution in [0.3, 0.4) is 0 Å². The zero-order valence-corrected chi connectivity index (χ0v) is 11.3. The van der Waals surface area contributed by atoms with Crippen molar-refractivity contribution in [3.05, 3.63) is 23.7 Å². The van der Waals surface area contributed by atoms with E-state index in [9.17, 15) is 9.59 Å². The number of piperidine rings is 1. The van der Waals surface area contributed by atoms with Gasteiger partial charge in [-0.05, 0) is 25.8 Å². The molecule has 0 spiro atoms. The Balaban J connectivity index is 2.11.